The maximum absolute atomic E-state index is 13.1. The lowest BCUT2D eigenvalue weighted by atomic mass is 9.97. The van der Waals surface area contributed by atoms with Crippen molar-refractivity contribution in [3.63, 3.8) is 0 Å². The van der Waals surface area contributed by atoms with Gasteiger partial charge < -0.3 is 15.7 Å². The molecule has 1 atom stereocenters. The van der Waals surface area contributed by atoms with Crippen molar-refractivity contribution in [2.75, 3.05) is 10.6 Å². The molecular weight excluding hydrogens is 532 g/mol. The molecule has 0 aromatic carbocycles. The van der Waals surface area contributed by atoms with Crippen molar-refractivity contribution >= 4 is 27.3 Å². The first-order valence-electron chi connectivity index (χ1n) is 12.1. The highest BCUT2D eigenvalue weighted by atomic mass is 32.2. The van der Waals surface area contributed by atoms with Crippen LogP contribution in [0, 0.1) is 0 Å². The minimum atomic E-state index is -3.52. The average molecular weight is 560 g/mol. The van der Waals surface area contributed by atoms with Gasteiger partial charge >= 0.3 is 6.55 Å². The van der Waals surface area contributed by atoms with E-state index in [9.17, 15) is 22.3 Å². The van der Waals surface area contributed by atoms with Crippen LogP contribution in [0.4, 0.5) is 26.1 Å². The number of aliphatic hydroxyl groups excluding tert-OH is 1. The van der Waals surface area contributed by atoms with Gasteiger partial charge in [0.2, 0.25) is 0 Å². The zero-order chi connectivity index (χ0) is 27.9. The zero-order valence-corrected chi connectivity index (χ0v) is 22.1. The standard InChI is InChI=1S/C24H27F2N9O3S/c1-14(36)24(2,3)32-19-10-21(28-12-17(19)18-7-9-34(33-18)23(25)26)30-20-6-8-27-22(31-20)15-11-29-35(13-15)39(37,38)16-4-5-16/h6-14,16,23,36H,4-5H2,1-3H3,(H2,27,28,30,31,32). The second-order valence-corrected chi connectivity index (χ2v) is 11.9. The molecule has 0 saturated heterocycles. The van der Waals surface area contributed by atoms with Crippen LogP contribution in [0.2, 0.25) is 0 Å². The minimum absolute atomic E-state index is 0.264. The number of halogens is 2. The van der Waals surface area contributed by atoms with Crippen LogP contribution in [0.25, 0.3) is 22.6 Å². The van der Waals surface area contributed by atoms with Crippen LogP contribution in [0.5, 0.6) is 0 Å². The molecular formula is C24H27F2N9O3S. The predicted molar refractivity (Wildman–Crippen MR) is 140 cm³/mol. The molecule has 206 valence electrons. The molecule has 0 amide bonds. The molecule has 1 saturated carbocycles. The Morgan fingerprint density at radius 1 is 1.15 bits per heavy atom. The molecule has 4 aromatic heterocycles. The molecule has 5 rings (SSSR count). The Bertz CT molecular complexity index is 1600. The van der Waals surface area contributed by atoms with E-state index in [2.05, 4.69) is 35.8 Å². The summed E-state index contributed by atoms with van der Waals surface area (Å²) in [7, 11) is -3.52. The van der Waals surface area contributed by atoms with Crippen LogP contribution in [0.3, 0.4) is 0 Å². The molecule has 12 nitrogen and oxygen atoms in total. The maximum Gasteiger partial charge on any atom is 0.333 e. The van der Waals surface area contributed by atoms with Crippen LogP contribution in [0.1, 0.15) is 40.2 Å². The van der Waals surface area contributed by atoms with E-state index in [1.165, 1.54) is 37.1 Å². The Kier molecular flexibility index (Phi) is 6.80. The Morgan fingerprint density at radius 2 is 1.92 bits per heavy atom. The van der Waals surface area contributed by atoms with Gasteiger partial charge in [-0.05, 0) is 45.7 Å². The number of pyridine rings is 1. The zero-order valence-electron chi connectivity index (χ0n) is 21.3. The van der Waals surface area contributed by atoms with Crippen molar-refractivity contribution in [1.29, 1.82) is 0 Å². The molecule has 39 heavy (non-hydrogen) atoms. The van der Waals surface area contributed by atoms with Crippen LogP contribution >= 0.6 is 0 Å². The Labute approximate surface area is 223 Å². The molecule has 1 fully saturated rings. The van der Waals surface area contributed by atoms with E-state index < -0.39 is 33.5 Å². The highest BCUT2D eigenvalue weighted by molar-refractivity contribution is 7.90. The molecule has 0 radical (unpaired) electrons. The summed E-state index contributed by atoms with van der Waals surface area (Å²) in [5.74, 6) is 1.01. The topological polar surface area (TPSA) is 153 Å². The van der Waals surface area contributed by atoms with Gasteiger partial charge in [-0.2, -0.15) is 23.1 Å². The molecule has 0 bridgehead atoms. The van der Waals surface area contributed by atoms with Crippen molar-refractivity contribution in [2.45, 2.75) is 57.1 Å². The van der Waals surface area contributed by atoms with Crippen molar-refractivity contribution in [1.82, 2.24) is 33.9 Å². The average Bonchev–Trinajstić information content (AvgIpc) is 3.42. The number of hydrogen-bond donors (Lipinski definition) is 3. The molecule has 0 aliphatic heterocycles. The summed E-state index contributed by atoms with van der Waals surface area (Å²) in [5, 5.41) is 24.1. The van der Waals surface area contributed by atoms with Gasteiger partial charge in [0.25, 0.3) is 10.0 Å². The number of hydrogen-bond acceptors (Lipinski definition) is 10. The van der Waals surface area contributed by atoms with E-state index in [0.717, 1.165) is 4.09 Å². The molecule has 1 aliphatic carbocycles. The van der Waals surface area contributed by atoms with Gasteiger partial charge in [0, 0.05) is 35.9 Å². The van der Waals surface area contributed by atoms with Gasteiger partial charge in [-0.1, -0.05) is 0 Å². The largest absolute Gasteiger partial charge is 0.391 e. The number of nitrogens with zero attached hydrogens (tertiary/aromatic N) is 7. The number of nitrogens with one attached hydrogen (secondary N) is 2. The van der Waals surface area contributed by atoms with Crippen LogP contribution < -0.4 is 10.6 Å². The van der Waals surface area contributed by atoms with Gasteiger partial charge in [0.05, 0.1) is 40.5 Å². The third kappa shape index (κ3) is 5.59. The lowest BCUT2D eigenvalue weighted by Gasteiger charge is -2.31. The first-order chi connectivity index (χ1) is 18.4. The summed E-state index contributed by atoms with van der Waals surface area (Å²) < 4.78 is 52.6. The summed E-state index contributed by atoms with van der Waals surface area (Å²) in [6.07, 6.45) is 7.45. The van der Waals surface area contributed by atoms with Crippen LogP contribution in [0.15, 0.2) is 49.2 Å². The van der Waals surface area contributed by atoms with E-state index in [0.29, 0.717) is 46.0 Å². The summed E-state index contributed by atoms with van der Waals surface area (Å²) >= 11 is 0. The summed E-state index contributed by atoms with van der Waals surface area (Å²) in [4.78, 5) is 13.1. The van der Waals surface area contributed by atoms with E-state index in [4.69, 9.17) is 0 Å². The molecule has 0 spiro atoms. The number of rotatable bonds is 10. The van der Waals surface area contributed by atoms with E-state index >= 15 is 0 Å². The van der Waals surface area contributed by atoms with Crippen molar-refractivity contribution in [3.8, 4) is 22.6 Å². The Morgan fingerprint density at radius 3 is 2.59 bits per heavy atom. The highest BCUT2D eigenvalue weighted by Gasteiger charge is 2.37. The molecule has 4 aromatic rings. The molecule has 15 heteroatoms. The summed E-state index contributed by atoms with van der Waals surface area (Å²) in [6.45, 7) is 2.45. The summed E-state index contributed by atoms with van der Waals surface area (Å²) in [6, 6.07) is 4.72. The number of anilines is 3. The van der Waals surface area contributed by atoms with E-state index in [1.807, 2.05) is 0 Å². The van der Waals surface area contributed by atoms with Gasteiger partial charge in [0.15, 0.2) is 5.82 Å². The first kappa shape index (κ1) is 26.6. The van der Waals surface area contributed by atoms with Gasteiger partial charge in [-0.15, -0.1) is 0 Å². The second kappa shape index (κ2) is 9.96. The highest BCUT2D eigenvalue weighted by Crippen LogP contribution is 2.33. The molecule has 1 aliphatic rings. The van der Waals surface area contributed by atoms with Crippen molar-refractivity contribution in [2.24, 2.45) is 0 Å². The third-order valence-corrected chi connectivity index (χ3v) is 8.46. The monoisotopic (exact) mass is 559 g/mol. The first-order valence-corrected chi connectivity index (χ1v) is 13.6. The number of aromatic nitrogens is 7. The molecule has 4 heterocycles. The van der Waals surface area contributed by atoms with Gasteiger partial charge in [-0.25, -0.2) is 28.1 Å². The fourth-order valence-corrected chi connectivity index (χ4v) is 5.13. The normalized spacial score (nSPS) is 14.9. The SMILES string of the molecule is CC(O)C(C)(C)Nc1cc(Nc2ccnc(-c3cnn(S(=O)(=O)C4CC4)c3)n2)ncc1-c1ccn(C(F)F)n1. The fourth-order valence-electron chi connectivity index (χ4n) is 3.65. The Balaban J connectivity index is 1.44. The maximum atomic E-state index is 13.1. The van der Waals surface area contributed by atoms with Crippen LogP contribution in [-0.4, -0.2) is 64.3 Å². The van der Waals surface area contributed by atoms with Gasteiger partial charge in [-0.3, -0.25) is 0 Å². The summed E-state index contributed by atoms with van der Waals surface area (Å²) in [5.41, 5.74) is 0.893. The predicted octanol–water partition coefficient (Wildman–Crippen LogP) is 3.65. The second-order valence-electron chi connectivity index (χ2n) is 9.83. The third-order valence-electron chi connectivity index (χ3n) is 6.43. The fraction of sp³-hybridized carbons (Fsp3) is 0.375. The van der Waals surface area contributed by atoms with Crippen molar-refractivity contribution in [3.05, 3.63) is 49.2 Å². The lowest BCUT2D eigenvalue weighted by Crippen LogP contribution is -2.42. The molecule has 1 unspecified atom stereocenters. The smallest absolute Gasteiger partial charge is 0.333 e. The quantitative estimate of drug-likeness (QED) is 0.262. The Hall–Kier alpha value is -3.98. The molecule has 3 N–H and O–H groups in total. The van der Waals surface area contributed by atoms with E-state index in [1.54, 1.807) is 32.9 Å². The van der Waals surface area contributed by atoms with Crippen molar-refractivity contribution < 1.29 is 22.3 Å². The number of aliphatic hydroxyl groups is 1. The number of alkyl halides is 2. The lowest BCUT2D eigenvalue weighted by molar-refractivity contribution is 0.0568. The minimum Gasteiger partial charge on any atom is -0.391 e. The van der Waals surface area contributed by atoms with Gasteiger partial charge in [0.1, 0.15) is 11.6 Å². The van der Waals surface area contributed by atoms with E-state index in [-0.39, 0.29) is 11.5 Å². The van der Waals surface area contributed by atoms with Crippen LogP contribution in [-0.2, 0) is 10.0 Å².